The van der Waals surface area contributed by atoms with Crippen LogP contribution < -0.4 is 0 Å². The fourth-order valence-electron chi connectivity index (χ4n) is 2.34. The van der Waals surface area contributed by atoms with Gasteiger partial charge in [-0.05, 0) is 24.3 Å². The van der Waals surface area contributed by atoms with Crippen molar-refractivity contribution in [3.05, 3.63) is 24.4 Å². The number of hydrogen-bond donors (Lipinski definition) is 1. The highest BCUT2D eigenvalue weighted by Gasteiger charge is 2.51. The number of amidine groups is 1. The predicted octanol–water partition coefficient (Wildman–Crippen LogP) is 2.10. The lowest BCUT2D eigenvalue weighted by Crippen LogP contribution is -2.50. The van der Waals surface area contributed by atoms with Crippen LogP contribution in [0.3, 0.4) is 0 Å². The molecule has 0 aromatic rings. The van der Waals surface area contributed by atoms with Crippen LogP contribution in [0.5, 0.6) is 0 Å². The van der Waals surface area contributed by atoms with E-state index in [9.17, 15) is 9.90 Å². The molecule has 1 N–H and O–H groups in total. The summed E-state index contributed by atoms with van der Waals surface area (Å²) in [5.74, 6) is 0.772. The zero-order valence-corrected chi connectivity index (χ0v) is 10.8. The summed E-state index contributed by atoms with van der Waals surface area (Å²) in [6.45, 7) is 4.06. The number of hydrogen-bond acceptors (Lipinski definition) is 4. The Hall–Kier alpha value is -1.23. The Labute approximate surface area is 105 Å². The van der Waals surface area contributed by atoms with Crippen LogP contribution in [0.25, 0.3) is 0 Å². The highest BCUT2D eigenvalue weighted by atomic mass is 32.2. The molecule has 17 heavy (non-hydrogen) atoms. The Morgan fingerprint density at radius 2 is 2.35 bits per heavy atom. The molecule has 4 nitrogen and oxygen atoms in total. The van der Waals surface area contributed by atoms with E-state index in [2.05, 4.69) is 4.99 Å². The number of nitrogens with zero attached hydrogens (tertiary/aromatic N) is 2. The zero-order valence-electron chi connectivity index (χ0n) is 9.96. The first-order chi connectivity index (χ1) is 8.15. The third kappa shape index (κ3) is 1.78. The van der Waals surface area contributed by atoms with Crippen LogP contribution in [-0.4, -0.2) is 38.5 Å². The molecule has 2 rings (SSSR count). The van der Waals surface area contributed by atoms with Crippen molar-refractivity contribution < 1.29 is 9.90 Å². The fourth-order valence-corrected chi connectivity index (χ4v) is 3.65. The minimum Gasteiger partial charge on any atom is -0.480 e. The molecule has 2 atom stereocenters. The fraction of sp³-hybridized carbons (Fsp3) is 0.500. The van der Waals surface area contributed by atoms with Crippen LogP contribution in [0.2, 0.25) is 0 Å². The van der Waals surface area contributed by atoms with Crippen LogP contribution in [0.15, 0.2) is 29.4 Å². The third-order valence-electron chi connectivity index (χ3n) is 3.07. The molecule has 5 heteroatoms. The van der Waals surface area contributed by atoms with Crippen molar-refractivity contribution in [2.75, 3.05) is 5.75 Å². The average molecular weight is 252 g/mol. The molecule has 0 aromatic heterocycles. The van der Waals surface area contributed by atoms with Crippen molar-refractivity contribution in [2.45, 2.75) is 31.2 Å². The number of allylic oxidation sites excluding steroid dienone is 2. The largest absolute Gasteiger partial charge is 0.480 e. The molecule has 0 saturated heterocycles. The topological polar surface area (TPSA) is 52.9 Å². The Morgan fingerprint density at radius 3 is 2.94 bits per heavy atom. The molecule has 0 radical (unpaired) electrons. The summed E-state index contributed by atoms with van der Waals surface area (Å²) in [7, 11) is 0. The summed E-state index contributed by atoms with van der Waals surface area (Å²) in [5, 5.41) is 9.36. The van der Waals surface area contributed by atoms with Crippen molar-refractivity contribution >= 4 is 23.6 Å². The monoisotopic (exact) mass is 252 g/mol. The van der Waals surface area contributed by atoms with E-state index in [0.29, 0.717) is 0 Å². The van der Waals surface area contributed by atoms with Crippen LogP contribution >= 0.6 is 11.8 Å². The molecule has 2 heterocycles. The standard InChI is InChI=1S/C12H16N2O2S/c1-3-12(17-4-2)10(11(15)16)13-9-7-5-6-8-14(9)12/h5-8,10H,3-4H2,1-2H3,(H,15,16). The molecular formula is C12H16N2O2S. The minimum atomic E-state index is -0.850. The maximum Gasteiger partial charge on any atom is 0.331 e. The Kier molecular flexibility index (Phi) is 3.28. The van der Waals surface area contributed by atoms with Gasteiger partial charge < -0.3 is 10.0 Å². The number of carbonyl (C=O) groups is 1. The highest BCUT2D eigenvalue weighted by molar-refractivity contribution is 8.00. The number of aliphatic carboxylic acids is 1. The quantitative estimate of drug-likeness (QED) is 0.832. The normalized spacial score (nSPS) is 30.4. The summed E-state index contributed by atoms with van der Waals surface area (Å²) >= 11 is 1.65. The highest BCUT2D eigenvalue weighted by Crippen LogP contribution is 2.43. The number of carboxylic acid groups (broad SMARTS) is 1. The van der Waals surface area contributed by atoms with E-state index in [1.807, 2.05) is 43.2 Å². The molecule has 2 aliphatic heterocycles. The van der Waals surface area contributed by atoms with Gasteiger partial charge in [0.25, 0.3) is 0 Å². The van der Waals surface area contributed by atoms with E-state index in [-0.39, 0.29) is 0 Å². The van der Waals surface area contributed by atoms with Crippen molar-refractivity contribution in [3.63, 3.8) is 0 Å². The predicted molar refractivity (Wildman–Crippen MR) is 70.1 cm³/mol. The van der Waals surface area contributed by atoms with Gasteiger partial charge in [0.2, 0.25) is 0 Å². The number of fused-ring (bicyclic) bond motifs is 1. The second-order valence-corrected chi connectivity index (χ2v) is 5.50. The number of thioether (sulfide) groups is 1. The number of rotatable bonds is 4. The van der Waals surface area contributed by atoms with Gasteiger partial charge >= 0.3 is 5.97 Å². The molecule has 0 aliphatic carbocycles. The maximum atomic E-state index is 11.4. The molecule has 0 amide bonds. The first kappa shape index (κ1) is 12.2. The summed E-state index contributed by atoms with van der Waals surface area (Å²) in [6, 6.07) is -0.695. The third-order valence-corrected chi connectivity index (χ3v) is 4.57. The number of carboxylic acids is 1. The molecule has 0 saturated carbocycles. The summed E-state index contributed by atoms with van der Waals surface area (Å²) in [4.78, 5) is 17.3. The molecule has 0 spiro atoms. The molecular weight excluding hydrogens is 236 g/mol. The van der Waals surface area contributed by atoms with Gasteiger partial charge in [-0.1, -0.05) is 19.9 Å². The van der Waals surface area contributed by atoms with Gasteiger partial charge in [0.05, 0.1) is 0 Å². The first-order valence-corrected chi connectivity index (χ1v) is 6.73. The average Bonchev–Trinajstić information content (AvgIpc) is 2.66. The van der Waals surface area contributed by atoms with Crippen molar-refractivity contribution in [1.29, 1.82) is 0 Å². The molecule has 2 aliphatic rings. The van der Waals surface area contributed by atoms with Crippen molar-refractivity contribution in [3.8, 4) is 0 Å². The van der Waals surface area contributed by atoms with E-state index in [1.165, 1.54) is 0 Å². The van der Waals surface area contributed by atoms with Crippen molar-refractivity contribution in [2.24, 2.45) is 4.99 Å². The van der Waals surface area contributed by atoms with E-state index in [1.54, 1.807) is 11.8 Å². The molecule has 2 unspecified atom stereocenters. The molecule has 0 fully saturated rings. The molecule has 0 bridgehead atoms. The second kappa shape index (κ2) is 4.56. The first-order valence-electron chi connectivity index (χ1n) is 5.74. The van der Waals surface area contributed by atoms with Gasteiger partial charge in [-0.25, -0.2) is 9.79 Å². The Bertz CT molecular complexity index is 417. The Morgan fingerprint density at radius 1 is 1.59 bits per heavy atom. The van der Waals surface area contributed by atoms with Crippen LogP contribution in [-0.2, 0) is 4.79 Å². The van der Waals surface area contributed by atoms with E-state index >= 15 is 0 Å². The van der Waals surface area contributed by atoms with Gasteiger partial charge in [0.15, 0.2) is 6.04 Å². The van der Waals surface area contributed by atoms with Crippen molar-refractivity contribution in [1.82, 2.24) is 4.90 Å². The van der Waals surface area contributed by atoms with Gasteiger partial charge in [0, 0.05) is 6.20 Å². The summed E-state index contributed by atoms with van der Waals surface area (Å²) in [6.07, 6.45) is 8.34. The molecule has 0 aromatic carbocycles. The second-order valence-electron chi connectivity index (χ2n) is 3.93. The summed E-state index contributed by atoms with van der Waals surface area (Å²) in [5.41, 5.74) is 0. The van der Waals surface area contributed by atoms with E-state index < -0.39 is 16.9 Å². The van der Waals surface area contributed by atoms with Gasteiger partial charge in [0.1, 0.15) is 10.7 Å². The van der Waals surface area contributed by atoms with Crippen LogP contribution in [0.1, 0.15) is 20.3 Å². The lowest BCUT2D eigenvalue weighted by molar-refractivity contribution is -0.139. The van der Waals surface area contributed by atoms with Gasteiger partial charge in [-0.3, -0.25) is 0 Å². The Balaban J connectivity index is 2.44. The van der Waals surface area contributed by atoms with Crippen LogP contribution in [0, 0.1) is 0 Å². The zero-order chi connectivity index (χ0) is 12.5. The molecule has 92 valence electrons. The van der Waals surface area contributed by atoms with E-state index in [4.69, 9.17) is 0 Å². The summed E-state index contributed by atoms with van der Waals surface area (Å²) < 4.78 is 0. The smallest absolute Gasteiger partial charge is 0.331 e. The van der Waals surface area contributed by atoms with Gasteiger partial charge in [-0.2, -0.15) is 0 Å². The number of aliphatic imine (C=N–C) groups is 1. The SMILES string of the molecule is CCSC1(CC)C(C(=O)O)N=C2C=CC=CN21. The lowest BCUT2D eigenvalue weighted by atomic mass is 10.1. The van der Waals surface area contributed by atoms with E-state index in [0.717, 1.165) is 18.0 Å². The minimum absolute atomic E-state index is 0.475. The lowest BCUT2D eigenvalue weighted by Gasteiger charge is -2.39. The maximum absolute atomic E-state index is 11.4. The van der Waals surface area contributed by atoms with Gasteiger partial charge in [-0.15, -0.1) is 11.8 Å². The van der Waals surface area contributed by atoms with Crippen LogP contribution in [0.4, 0.5) is 0 Å².